The van der Waals surface area contributed by atoms with Crippen molar-refractivity contribution in [2.75, 3.05) is 59.8 Å². The van der Waals surface area contributed by atoms with Crippen LogP contribution in [0.3, 0.4) is 0 Å². The van der Waals surface area contributed by atoms with E-state index in [4.69, 9.17) is 0 Å². The van der Waals surface area contributed by atoms with Crippen LogP contribution >= 0.6 is 0 Å². The van der Waals surface area contributed by atoms with Crippen molar-refractivity contribution < 1.29 is 89.2 Å². The molecule has 28 heteroatoms. The van der Waals surface area contributed by atoms with E-state index in [1.54, 1.807) is 41.9 Å². The zero-order valence-electron chi connectivity index (χ0n) is 37.0. The summed E-state index contributed by atoms with van der Waals surface area (Å²) < 4.78 is 166. The Morgan fingerprint density at radius 2 is 1.24 bits per heavy atom. The van der Waals surface area contributed by atoms with Crippen LogP contribution in [-0.2, 0) is 61.4 Å². The van der Waals surface area contributed by atoms with Crippen LogP contribution < -0.4 is 15.5 Å². The van der Waals surface area contributed by atoms with Gasteiger partial charge in [0.25, 0.3) is 62.4 Å². The van der Waals surface area contributed by atoms with Crippen molar-refractivity contribution >= 4 is 79.5 Å². The van der Waals surface area contributed by atoms with E-state index in [1.165, 1.54) is 29.2 Å². The van der Waals surface area contributed by atoms with Crippen molar-refractivity contribution in [2.24, 2.45) is 0 Å². The van der Waals surface area contributed by atoms with E-state index in [1.807, 2.05) is 13.8 Å². The molecule has 1 atom stereocenters. The molecule has 0 fully saturated rings. The number of benzene rings is 2. The summed E-state index contributed by atoms with van der Waals surface area (Å²) in [5, 5.41) is 25.1. The predicted molar refractivity (Wildman–Crippen MR) is 249 cm³/mol. The molecule has 2 aromatic rings. The Kier molecular flexibility index (Phi) is 17.9. The minimum Gasteiger partial charge on any atom is -0.364 e. The zero-order valence-corrected chi connectivity index (χ0v) is 41.1. The highest BCUT2D eigenvalue weighted by Gasteiger charge is 2.48. The summed E-state index contributed by atoms with van der Waals surface area (Å²) in [6.45, 7) is 3.82. The van der Waals surface area contributed by atoms with Gasteiger partial charge in [-0.15, -0.1) is 0 Å². The van der Waals surface area contributed by atoms with Gasteiger partial charge in [-0.25, -0.2) is 0 Å². The summed E-state index contributed by atoms with van der Waals surface area (Å²) in [5.41, 5.74) is -0.641. The average Bonchev–Trinajstić information content (AvgIpc) is 3.54. The Morgan fingerprint density at radius 1 is 0.691 bits per heavy atom. The summed E-state index contributed by atoms with van der Waals surface area (Å²) in [6.07, 6.45) is 5.31. The number of hydrogen-bond acceptors (Lipinski definition) is 15. The highest BCUT2D eigenvalue weighted by Crippen LogP contribution is 2.53. The van der Waals surface area contributed by atoms with Gasteiger partial charge in [-0.1, -0.05) is 30.4 Å². The standard InChI is InChI=1S/C40H54N4O19S5/c1-39(2)32(43(18-9-21-65(52,53)54)30-12-7-11-28(34(30)39)38(47)48)13-5-4-6-14-33-40(3,15-8-20-64(49,50)51)35-29(37(46)42-17-24-68(61,62)63)25-27(36(45)41-16-23-67(58,59)60)26-31(35)44(33)19-10-22-66(55,56)57/h4-7,11-14,25-26,38,47-48H,8-10,15-24H2,1-3H3,(H6-,41,42,45,46,49,50,51,52,53,54,55,56,57,58,59,60,61,62,63)/p+1. The van der Waals surface area contributed by atoms with Crippen molar-refractivity contribution in [3.63, 3.8) is 0 Å². The molecule has 0 aromatic heterocycles. The fourth-order valence-corrected chi connectivity index (χ4v) is 10.6. The Hall–Kier alpha value is -4.46. The van der Waals surface area contributed by atoms with E-state index in [2.05, 4.69) is 10.6 Å². The first-order valence-corrected chi connectivity index (χ1v) is 28.7. The number of anilines is 1. The number of amides is 2. The number of fused-ring (bicyclic) bond motifs is 2. The number of aliphatic hydroxyl groups excluding tert-OH is 1. The van der Waals surface area contributed by atoms with Crippen LogP contribution in [0.25, 0.3) is 0 Å². The molecule has 2 aliphatic rings. The van der Waals surface area contributed by atoms with Gasteiger partial charge >= 0.3 is 0 Å². The van der Waals surface area contributed by atoms with E-state index >= 15 is 0 Å². The lowest BCUT2D eigenvalue weighted by molar-refractivity contribution is -0.437. The monoisotopic (exact) mass is 1060 g/mol. The summed E-state index contributed by atoms with van der Waals surface area (Å²) in [6, 6.07) is 7.21. The Labute approximate surface area is 395 Å². The number of rotatable bonds is 24. The van der Waals surface area contributed by atoms with E-state index in [9.17, 15) is 84.7 Å². The van der Waals surface area contributed by atoms with Crippen molar-refractivity contribution in [3.05, 3.63) is 94.2 Å². The third-order valence-electron chi connectivity index (χ3n) is 11.2. The van der Waals surface area contributed by atoms with Crippen molar-refractivity contribution in [1.82, 2.24) is 10.6 Å². The molecule has 0 aliphatic carbocycles. The predicted octanol–water partition coefficient (Wildman–Crippen LogP) is 1.28. The molecule has 2 heterocycles. The first-order valence-electron chi connectivity index (χ1n) is 20.6. The van der Waals surface area contributed by atoms with Gasteiger partial charge in [-0.2, -0.15) is 46.7 Å². The van der Waals surface area contributed by atoms with E-state index < -0.39 is 121 Å². The number of allylic oxidation sites excluding steroid dienone is 6. The lowest BCUT2D eigenvalue weighted by Gasteiger charge is -2.31. The van der Waals surface area contributed by atoms with E-state index in [0.29, 0.717) is 17.0 Å². The van der Waals surface area contributed by atoms with Crippen LogP contribution in [0, 0.1) is 0 Å². The van der Waals surface area contributed by atoms with Crippen LogP contribution in [0.2, 0.25) is 0 Å². The summed E-state index contributed by atoms with van der Waals surface area (Å²) in [4.78, 5) is 29.0. The van der Waals surface area contributed by atoms with Crippen molar-refractivity contribution in [2.45, 2.75) is 63.6 Å². The molecule has 1 unspecified atom stereocenters. The SMILES string of the molecule is CC1(C)C(C=CC=CC=C2N(CCCS(=O)(=O)O)c3cc(C(=O)NCCS(=O)(=O)O)cc(C(=O)NCCS(=O)(=O)O)c3C2(C)CCCS(=O)(=O)O)=[N+](CCCS(=O)(=O)O)c2cccc(C(O)O)c21. The lowest BCUT2D eigenvalue weighted by atomic mass is 9.75. The maximum Gasteiger partial charge on any atom is 0.266 e. The maximum absolute atomic E-state index is 14.0. The Bertz CT molecular complexity index is 2980. The Morgan fingerprint density at radius 3 is 1.79 bits per heavy atom. The third-order valence-corrected chi connectivity index (χ3v) is 15.0. The van der Waals surface area contributed by atoms with E-state index in [-0.39, 0.29) is 72.4 Å². The molecular formula is C40H55N4O19S5+. The number of aliphatic hydroxyl groups is 2. The molecule has 0 spiro atoms. The van der Waals surface area contributed by atoms with Gasteiger partial charge < -0.3 is 25.7 Å². The molecule has 68 heavy (non-hydrogen) atoms. The second-order valence-corrected chi connectivity index (χ2v) is 24.6. The van der Waals surface area contributed by atoms with Gasteiger partial charge in [0.1, 0.15) is 6.54 Å². The van der Waals surface area contributed by atoms with Gasteiger partial charge in [0, 0.05) is 82.8 Å². The topological polar surface area (TPSA) is 377 Å². The number of nitrogens with one attached hydrogen (secondary N) is 2. The number of nitrogens with zero attached hydrogens (tertiary/aromatic N) is 2. The van der Waals surface area contributed by atoms with Crippen LogP contribution in [-0.4, -0.2) is 152 Å². The molecule has 2 aromatic carbocycles. The smallest absolute Gasteiger partial charge is 0.266 e. The van der Waals surface area contributed by atoms with Crippen LogP contribution in [0.1, 0.15) is 90.2 Å². The number of carbonyl (C=O) groups is 2. The fourth-order valence-electron chi connectivity index (χ4n) is 8.43. The number of carbonyl (C=O) groups excluding carboxylic acids is 2. The highest BCUT2D eigenvalue weighted by molar-refractivity contribution is 7.86. The largest absolute Gasteiger partial charge is 0.364 e. The van der Waals surface area contributed by atoms with Gasteiger partial charge in [-0.05, 0) is 58.2 Å². The molecule has 4 rings (SSSR count). The molecule has 0 saturated heterocycles. The molecular weight excluding hydrogens is 1000 g/mol. The molecule has 23 nitrogen and oxygen atoms in total. The van der Waals surface area contributed by atoms with Gasteiger partial charge in [0.15, 0.2) is 12.0 Å². The summed E-state index contributed by atoms with van der Waals surface area (Å²) in [5.74, 6) is -5.87. The van der Waals surface area contributed by atoms with Crippen LogP contribution in [0.4, 0.5) is 11.4 Å². The molecule has 2 amide bonds. The molecule has 2 aliphatic heterocycles. The highest BCUT2D eigenvalue weighted by atomic mass is 32.2. The van der Waals surface area contributed by atoms with Crippen molar-refractivity contribution in [3.8, 4) is 0 Å². The quantitative estimate of drug-likeness (QED) is 0.0309. The average molecular weight is 1060 g/mol. The lowest BCUT2D eigenvalue weighted by Crippen LogP contribution is -2.33. The first-order chi connectivity index (χ1) is 31.2. The molecule has 0 saturated carbocycles. The summed E-state index contributed by atoms with van der Waals surface area (Å²) >= 11 is 0. The molecule has 0 bridgehead atoms. The van der Waals surface area contributed by atoms with Crippen LogP contribution in [0.5, 0.6) is 0 Å². The van der Waals surface area contributed by atoms with Gasteiger partial charge in [0.05, 0.1) is 34.2 Å². The first kappa shape index (κ1) is 56.1. The second kappa shape index (κ2) is 21.7. The molecule has 9 N–H and O–H groups in total. The molecule has 378 valence electrons. The molecule has 0 radical (unpaired) electrons. The van der Waals surface area contributed by atoms with E-state index in [0.717, 1.165) is 6.07 Å². The maximum atomic E-state index is 14.0. The third kappa shape index (κ3) is 15.3. The minimum atomic E-state index is -4.59. The zero-order chi connectivity index (χ0) is 51.3. The fraction of sp³-hybridized carbons (Fsp3) is 0.475. The minimum absolute atomic E-state index is 0.0157. The van der Waals surface area contributed by atoms with Crippen molar-refractivity contribution in [1.29, 1.82) is 0 Å². The normalized spacial score (nSPS) is 18.3. The second-order valence-electron chi connectivity index (χ2n) is 16.7. The summed E-state index contributed by atoms with van der Waals surface area (Å²) in [7, 11) is -22.6. The van der Waals surface area contributed by atoms with Crippen LogP contribution in [0.15, 0.2) is 66.4 Å². The van der Waals surface area contributed by atoms with Gasteiger partial charge in [-0.3, -0.25) is 32.4 Å². The Balaban J connectivity index is 1.94. The van der Waals surface area contributed by atoms with Gasteiger partial charge in [0.2, 0.25) is 5.69 Å². The number of hydrogen-bond donors (Lipinski definition) is 9.